The molecule has 0 bridgehead atoms. The summed E-state index contributed by atoms with van der Waals surface area (Å²) >= 11 is 0. The number of aromatic nitrogens is 1. The molecule has 2 heterocycles. The zero-order valence-electron chi connectivity index (χ0n) is 18.4. The molecule has 6 heteroatoms. The van der Waals surface area contributed by atoms with Crippen molar-refractivity contribution in [3.63, 3.8) is 0 Å². The Morgan fingerprint density at radius 2 is 1.84 bits per heavy atom. The van der Waals surface area contributed by atoms with E-state index < -0.39 is 5.41 Å². The summed E-state index contributed by atoms with van der Waals surface area (Å²) in [5, 5.41) is 17.3. The highest BCUT2D eigenvalue weighted by Crippen LogP contribution is 2.49. The zero-order valence-corrected chi connectivity index (χ0v) is 19.4. The molecule has 1 amide bonds. The number of aliphatic hydroxyl groups excluding tert-OH is 1. The van der Waals surface area contributed by atoms with Crippen LogP contribution in [0.2, 0.25) is 0 Å². The summed E-state index contributed by atoms with van der Waals surface area (Å²) in [6.45, 7) is 8.05. The van der Waals surface area contributed by atoms with Gasteiger partial charge in [-0.2, -0.15) is 13.5 Å². The predicted molar refractivity (Wildman–Crippen MR) is 128 cm³/mol. The number of carbonyl (C=O) groups is 1. The fourth-order valence-corrected chi connectivity index (χ4v) is 4.64. The van der Waals surface area contributed by atoms with Crippen LogP contribution in [0.15, 0.2) is 53.1 Å². The molecule has 0 aliphatic carbocycles. The van der Waals surface area contributed by atoms with Crippen LogP contribution >= 0.6 is 13.5 Å². The lowest BCUT2D eigenvalue weighted by molar-refractivity contribution is -0.120. The zero-order chi connectivity index (χ0) is 21.5. The highest BCUT2D eigenvalue weighted by molar-refractivity contribution is 7.59. The van der Waals surface area contributed by atoms with Crippen LogP contribution < -0.4 is 5.32 Å². The van der Waals surface area contributed by atoms with Gasteiger partial charge in [-0.1, -0.05) is 55.4 Å². The topological polar surface area (TPSA) is 75.4 Å². The molecule has 2 aromatic carbocycles. The highest BCUT2D eigenvalue weighted by atomic mass is 32.1. The molecule has 0 radical (unpaired) electrons. The Hall–Kier alpha value is -2.57. The number of fused-ring (bicyclic) bond motifs is 1. The second-order valence-corrected chi connectivity index (χ2v) is 8.58. The number of aliphatic hydroxyl groups is 1. The van der Waals surface area contributed by atoms with E-state index in [4.69, 9.17) is 4.52 Å². The van der Waals surface area contributed by atoms with E-state index in [1.165, 1.54) is 0 Å². The Labute approximate surface area is 190 Å². The van der Waals surface area contributed by atoms with Gasteiger partial charge in [0.2, 0.25) is 5.91 Å². The van der Waals surface area contributed by atoms with Crippen molar-refractivity contribution in [2.75, 3.05) is 11.9 Å². The lowest BCUT2D eigenvalue weighted by Gasteiger charge is -2.33. The molecular weight excluding hydrogens is 408 g/mol. The van der Waals surface area contributed by atoms with Gasteiger partial charge in [-0.3, -0.25) is 4.79 Å². The summed E-state index contributed by atoms with van der Waals surface area (Å²) in [5.41, 5.74) is 4.61. The normalized spacial score (nSPS) is 18.5. The van der Waals surface area contributed by atoms with Gasteiger partial charge in [0.05, 0.1) is 5.69 Å². The summed E-state index contributed by atoms with van der Waals surface area (Å²) in [6, 6.07) is 15.9. The lowest BCUT2D eigenvalue weighted by atomic mass is 9.68. The number of anilines is 1. The van der Waals surface area contributed by atoms with Crippen molar-refractivity contribution in [1.29, 1.82) is 0 Å². The molecule has 1 aliphatic heterocycles. The highest BCUT2D eigenvalue weighted by Gasteiger charge is 2.49. The standard InChI is InChI=1S/C25H28N2O3.H2S/c1-15(2)19(14-28)13-25(20-8-6-5-7-9-20)21-12-18(10-11-22(21)26-24(25)29)23-16(3)27-30-17(23)4;/h5-12,15,19,28H,13-14H2,1-4H3,(H,26,29);1H2/t19-,25?;/m1./s1. The number of carbonyl (C=O) groups excluding carboxylic acids is 1. The van der Waals surface area contributed by atoms with Gasteiger partial charge in [0.15, 0.2) is 0 Å². The van der Waals surface area contributed by atoms with E-state index in [1.54, 1.807) is 0 Å². The number of aryl methyl sites for hydroxylation is 2. The van der Waals surface area contributed by atoms with Gasteiger partial charge in [-0.05, 0) is 60.9 Å². The van der Waals surface area contributed by atoms with Crippen molar-refractivity contribution in [3.05, 3.63) is 71.1 Å². The first-order valence-corrected chi connectivity index (χ1v) is 10.4. The summed E-state index contributed by atoms with van der Waals surface area (Å²) in [5.74, 6) is 0.951. The molecule has 0 saturated carbocycles. The third-order valence-corrected chi connectivity index (χ3v) is 6.45. The van der Waals surface area contributed by atoms with Crippen molar-refractivity contribution in [1.82, 2.24) is 5.16 Å². The van der Waals surface area contributed by atoms with Gasteiger partial charge in [0.25, 0.3) is 0 Å². The molecule has 31 heavy (non-hydrogen) atoms. The molecule has 1 unspecified atom stereocenters. The van der Waals surface area contributed by atoms with E-state index in [1.807, 2.05) is 56.3 Å². The fraction of sp³-hybridized carbons (Fsp3) is 0.360. The van der Waals surface area contributed by atoms with Gasteiger partial charge in [0, 0.05) is 17.9 Å². The van der Waals surface area contributed by atoms with Gasteiger partial charge in [0.1, 0.15) is 11.2 Å². The van der Waals surface area contributed by atoms with Gasteiger partial charge >= 0.3 is 0 Å². The molecule has 0 saturated heterocycles. The molecule has 1 aromatic heterocycles. The van der Waals surface area contributed by atoms with E-state index in [0.29, 0.717) is 6.42 Å². The van der Waals surface area contributed by atoms with E-state index in [-0.39, 0.29) is 37.8 Å². The van der Waals surface area contributed by atoms with Crippen LogP contribution in [0.1, 0.15) is 42.8 Å². The van der Waals surface area contributed by atoms with Gasteiger partial charge in [-0.15, -0.1) is 0 Å². The molecule has 164 valence electrons. The number of nitrogens with one attached hydrogen (secondary N) is 1. The average molecular weight is 439 g/mol. The minimum absolute atomic E-state index is 0. The van der Waals surface area contributed by atoms with Crippen LogP contribution in [0, 0.1) is 25.7 Å². The Morgan fingerprint density at radius 3 is 2.42 bits per heavy atom. The smallest absolute Gasteiger partial charge is 0.239 e. The first-order valence-electron chi connectivity index (χ1n) is 10.4. The third kappa shape index (κ3) is 3.79. The minimum atomic E-state index is -0.858. The molecule has 1 aliphatic rings. The molecule has 3 aromatic rings. The van der Waals surface area contributed by atoms with Crippen LogP contribution in [-0.4, -0.2) is 22.8 Å². The second-order valence-electron chi connectivity index (χ2n) is 8.58. The van der Waals surface area contributed by atoms with Gasteiger partial charge in [-0.25, -0.2) is 0 Å². The molecular formula is C25H30N2O3S. The Bertz CT molecular complexity index is 1060. The van der Waals surface area contributed by atoms with Crippen molar-refractivity contribution in [3.8, 4) is 11.1 Å². The second kappa shape index (κ2) is 8.89. The lowest BCUT2D eigenvalue weighted by Crippen LogP contribution is -2.39. The summed E-state index contributed by atoms with van der Waals surface area (Å²) in [4.78, 5) is 13.5. The molecule has 0 spiro atoms. The quantitative estimate of drug-likeness (QED) is 0.570. The van der Waals surface area contributed by atoms with Crippen LogP contribution in [-0.2, 0) is 10.2 Å². The maximum absolute atomic E-state index is 13.5. The number of nitrogens with zero attached hydrogens (tertiary/aromatic N) is 1. The molecule has 4 rings (SSSR count). The third-order valence-electron chi connectivity index (χ3n) is 6.45. The molecule has 2 N–H and O–H groups in total. The first kappa shape index (κ1) is 23.1. The van der Waals surface area contributed by atoms with Crippen molar-refractivity contribution in [2.45, 2.75) is 39.5 Å². The molecule has 2 atom stereocenters. The Kier molecular flexibility index (Phi) is 6.62. The predicted octanol–water partition coefficient (Wildman–Crippen LogP) is 4.96. The Morgan fingerprint density at radius 1 is 1.13 bits per heavy atom. The van der Waals surface area contributed by atoms with Gasteiger partial charge < -0.3 is 14.9 Å². The van der Waals surface area contributed by atoms with Crippen molar-refractivity contribution in [2.24, 2.45) is 11.8 Å². The first-order chi connectivity index (χ1) is 14.4. The number of rotatable bonds is 6. The van der Waals surface area contributed by atoms with E-state index in [9.17, 15) is 9.90 Å². The SMILES string of the molecule is Cc1noc(C)c1-c1ccc2c(c1)C(C[C@H](CO)C(C)C)(c1ccccc1)C(=O)N2.S. The van der Waals surface area contributed by atoms with Crippen LogP contribution in [0.3, 0.4) is 0 Å². The van der Waals surface area contributed by atoms with Crippen LogP contribution in [0.5, 0.6) is 0 Å². The number of amides is 1. The summed E-state index contributed by atoms with van der Waals surface area (Å²) in [7, 11) is 0. The van der Waals surface area contributed by atoms with Crippen molar-refractivity contribution < 1.29 is 14.4 Å². The number of benzene rings is 2. The van der Waals surface area contributed by atoms with E-state index in [2.05, 4.69) is 30.4 Å². The van der Waals surface area contributed by atoms with E-state index in [0.717, 1.165) is 39.4 Å². The molecule has 5 nitrogen and oxygen atoms in total. The molecule has 0 fully saturated rings. The number of hydrogen-bond donors (Lipinski definition) is 2. The van der Waals surface area contributed by atoms with Crippen LogP contribution in [0.25, 0.3) is 11.1 Å². The van der Waals surface area contributed by atoms with E-state index >= 15 is 0 Å². The summed E-state index contributed by atoms with van der Waals surface area (Å²) in [6.07, 6.45) is 0.537. The largest absolute Gasteiger partial charge is 0.396 e. The maximum atomic E-state index is 13.5. The fourth-order valence-electron chi connectivity index (χ4n) is 4.64. The maximum Gasteiger partial charge on any atom is 0.239 e. The van der Waals surface area contributed by atoms with Crippen molar-refractivity contribution >= 4 is 25.1 Å². The summed E-state index contributed by atoms with van der Waals surface area (Å²) < 4.78 is 5.37. The van der Waals surface area contributed by atoms with Crippen LogP contribution in [0.4, 0.5) is 5.69 Å². The average Bonchev–Trinajstić information content (AvgIpc) is 3.22. The number of hydrogen-bond acceptors (Lipinski definition) is 4. The Balaban J connectivity index is 0.00000272. The monoisotopic (exact) mass is 438 g/mol. The minimum Gasteiger partial charge on any atom is -0.396 e.